The van der Waals surface area contributed by atoms with Gasteiger partial charge in [-0.1, -0.05) is 177 Å². The predicted octanol–water partition coefficient (Wildman–Crippen LogP) is 14.8. The molecule has 0 saturated heterocycles. The average molecular weight is 753 g/mol. The molecule has 0 fully saturated rings. The normalized spacial score (nSPS) is 12.9. The monoisotopic (exact) mass is 753 g/mol. The van der Waals surface area contributed by atoms with Gasteiger partial charge in [0.15, 0.2) is 6.10 Å². The lowest BCUT2D eigenvalue weighted by atomic mass is 10.1. The summed E-state index contributed by atoms with van der Waals surface area (Å²) in [5.41, 5.74) is 0. The van der Waals surface area contributed by atoms with Crippen LogP contribution in [0.25, 0.3) is 0 Å². The van der Waals surface area contributed by atoms with Crippen LogP contribution in [0.15, 0.2) is 72.9 Å². The van der Waals surface area contributed by atoms with Crippen molar-refractivity contribution in [2.75, 3.05) is 19.8 Å². The maximum Gasteiger partial charge on any atom is 0.306 e. The van der Waals surface area contributed by atoms with E-state index >= 15 is 0 Å². The van der Waals surface area contributed by atoms with Gasteiger partial charge in [0, 0.05) is 19.4 Å². The van der Waals surface area contributed by atoms with Crippen molar-refractivity contribution in [2.24, 2.45) is 0 Å². The summed E-state index contributed by atoms with van der Waals surface area (Å²) in [7, 11) is 0. The van der Waals surface area contributed by atoms with E-state index in [1.807, 2.05) is 0 Å². The summed E-state index contributed by atoms with van der Waals surface area (Å²) in [6.07, 6.45) is 56.2. The van der Waals surface area contributed by atoms with Gasteiger partial charge in [0.2, 0.25) is 0 Å². The number of unbranched alkanes of at least 4 members (excludes halogenated alkanes) is 17. The van der Waals surface area contributed by atoms with Crippen LogP contribution in [-0.4, -0.2) is 37.9 Å². The summed E-state index contributed by atoms with van der Waals surface area (Å²) in [5.74, 6) is -0.433. The summed E-state index contributed by atoms with van der Waals surface area (Å²) >= 11 is 0. The van der Waals surface area contributed by atoms with Gasteiger partial charge in [0.25, 0.3) is 0 Å². The minimum Gasteiger partial charge on any atom is -0.462 e. The number of hydrogen-bond donors (Lipinski definition) is 0. The zero-order valence-corrected chi connectivity index (χ0v) is 35.5. The molecular weight excluding hydrogens is 669 g/mol. The fourth-order valence-corrected chi connectivity index (χ4v) is 5.95. The van der Waals surface area contributed by atoms with E-state index < -0.39 is 6.10 Å². The van der Waals surface area contributed by atoms with Crippen LogP contribution >= 0.6 is 0 Å². The third-order valence-electron chi connectivity index (χ3n) is 9.24. The van der Waals surface area contributed by atoms with Gasteiger partial charge in [0.05, 0.1) is 6.61 Å². The Morgan fingerprint density at radius 1 is 0.426 bits per heavy atom. The van der Waals surface area contributed by atoms with Crippen LogP contribution in [0.1, 0.15) is 201 Å². The standard InChI is InChI=1S/C49H84O5/c1-4-7-10-13-16-18-20-22-24-26-28-30-32-35-38-41-44-52-45-47(54-49(51)43-40-37-33-15-12-9-6-3)46-53-48(50)42-39-36-34-31-29-27-25-23-21-19-17-14-11-8-5-2/h7-8,10-11,16-19,22-25,47H,4-6,9,12-15,20-21,26-46H2,1-3H3/b10-7-,11-8-,18-16-,19-17-,24-22-,25-23-. The average Bonchev–Trinajstić information content (AvgIpc) is 3.17. The van der Waals surface area contributed by atoms with Crippen LogP contribution in [0.5, 0.6) is 0 Å². The third-order valence-corrected chi connectivity index (χ3v) is 9.24. The van der Waals surface area contributed by atoms with E-state index in [-0.39, 0.29) is 25.2 Å². The zero-order valence-electron chi connectivity index (χ0n) is 35.5. The van der Waals surface area contributed by atoms with Crippen molar-refractivity contribution >= 4 is 11.9 Å². The molecule has 0 aromatic carbocycles. The van der Waals surface area contributed by atoms with Crippen LogP contribution in [0.3, 0.4) is 0 Å². The topological polar surface area (TPSA) is 61.8 Å². The molecule has 0 spiro atoms. The first-order chi connectivity index (χ1) is 26.6. The highest BCUT2D eigenvalue weighted by molar-refractivity contribution is 5.70. The van der Waals surface area contributed by atoms with E-state index in [1.54, 1.807) is 0 Å². The molecule has 0 aliphatic heterocycles. The van der Waals surface area contributed by atoms with Crippen molar-refractivity contribution in [2.45, 2.75) is 207 Å². The summed E-state index contributed by atoms with van der Waals surface area (Å²) in [4.78, 5) is 25.1. The van der Waals surface area contributed by atoms with Crippen molar-refractivity contribution in [1.82, 2.24) is 0 Å². The molecule has 0 bridgehead atoms. The van der Waals surface area contributed by atoms with Gasteiger partial charge in [-0.15, -0.1) is 0 Å². The Kier molecular flexibility index (Phi) is 42.5. The first-order valence-corrected chi connectivity index (χ1v) is 22.5. The van der Waals surface area contributed by atoms with Gasteiger partial charge in [-0.3, -0.25) is 9.59 Å². The number of carbonyl (C=O) groups excluding carboxylic acids is 2. The van der Waals surface area contributed by atoms with Gasteiger partial charge in [0.1, 0.15) is 6.61 Å². The van der Waals surface area contributed by atoms with Crippen LogP contribution in [0.2, 0.25) is 0 Å². The van der Waals surface area contributed by atoms with E-state index in [0.29, 0.717) is 19.4 Å². The molecule has 54 heavy (non-hydrogen) atoms. The number of rotatable bonds is 40. The highest BCUT2D eigenvalue weighted by atomic mass is 16.6. The first kappa shape index (κ1) is 51.3. The fraction of sp³-hybridized carbons (Fsp3) is 0.714. The summed E-state index contributed by atoms with van der Waals surface area (Å²) in [6, 6.07) is 0. The molecule has 0 rings (SSSR count). The first-order valence-electron chi connectivity index (χ1n) is 22.5. The zero-order chi connectivity index (χ0) is 39.3. The fourth-order valence-electron chi connectivity index (χ4n) is 5.95. The van der Waals surface area contributed by atoms with Crippen molar-refractivity contribution in [3.63, 3.8) is 0 Å². The van der Waals surface area contributed by atoms with Crippen LogP contribution in [0, 0.1) is 0 Å². The molecule has 0 aliphatic carbocycles. The van der Waals surface area contributed by atoms with E-state index in [2.05, 4.69) is 93.7 Å². The maximum absolute atomic E-state index is 12.6. The molecule has 5 heteroatoms. The van der Waals surface area contributed by atoms with Crippen LogP contribution < -0.4 is 0 Å². The molecule has 1 unspecified atom stereocenters. The van der Waals surface area contributed by atoms with Gasteiger partial charge >= 0.3 is 11.9 Å². The molecule has 5 nitrogen and oxygen atoms in total. The van der Waals surface area contributed by atoms with Crippen LogP contribution in [-0.2, 0) is 23.8 Å². The second kappa shape index (κ2) is 44.7. The van der Waals surface area contributed by atoms with E-state index in [1.165, 1.54) is 64.2 Å². The summed E-state index contributed by atoms with van der Waals surface area (Å²) in [6.45, 7) is 7.52. The van der Waals surface area contributed by atoms with Crippen molar-refractivity contribution in [3.8, 4) is 0 Å². The molecule has 0 heterocycles. The van der Waals surface area contributed by atoms with Gasteiger partial charge in [-0.25, -0.2) is 0 Å². The summed E-state index contributed by atoms with van der Waals surface area (Å²) < 4.78 is 17.2. The highest BCUT2D eigenvalue weighted by Gasteiger charge is 2.17. The molecule has 0 aliphatic rings. The Labute approximate surface area is 334 Å². The molecule has 0 aromatic rings. The number of allylic oxidation sites excluding steroid dienone is 12. The van der Waals surface area contributed by atoms with Gasteiger partial charge in [-0.2, -0.15) is 0 Å². The quantitative estimate of drug-likeness (QED) is 0.0354. The lowest BCUT2D eigenvalue weighted by Crippen LogP contribution is -2.30. The lowest BCUT2D eigenvalue weighted by molar-refractivity contribution is -0.163. The van der Waals surface area contributed by atoms with Crippen molar-refractivity contribution in [1.29, 1.82) is 0 Å². The largest absolute Gasteiger partial charge is 0.462 e. The molecule has 0 saturated carbocycles. The Bertz CT molecular complexity index is 988. The third kappa shape index (κ3) is 42.1. The molecule has 0 amide bonds. The Morgan fingerprint density at radius 2 is 0.833 bits per heavy atom. The second-order valence-electron chi connectivity index (χ2n) is 14.5. The molecule has 1 atom stereocenters. The van der Waals surface area contributed by atoms with E-state index in [4.69, 9.17) is 14.2 Å². The number of hydrogen-bond acceptors (Lipinski definition) is 5. The Morgan fingerprint density at radius 3 is 1.33 bits per heavy atom. The summed E-state index contributed by atoms with van der Waals surface area (Å²) in [5, 5.41) is 0. The van der Waals surface area contributed by atoms with Crippen molar-refractivity contribution in [3.05, 3.63) is 72.9 Å². The van der Waals surface area contributed by atoms with Gasteiger partial charge < -0.3 is 14.2 Å². The lowest BCUT2D eigenvalue weighted by Gasteiger charge is -2.18. The Hall–Kier alpha value is -2.66. The minimum atomic E-state index is -0.547. The number of ether oxygens (including phenoxy) is 3. The van der Waals surface area contributed by atoms with Crippen molar-refractivity contribution < 1.29 is 23.8 Å². The SMILES string of the molecule is CC/C=C\C/C=C\C/C=C\CCCCCCCCOCC(COC(=O)CCCCCCC/C=C\C/C=C\C/C=C\CC)OC(=O)CCCCCCCCC. The molecule has 0 N–H and O–H groups in total. The Balaban J connectivity index is 4.21. The van der Waals surface area contributed by atoms with E-state index in [0.717, 1.165) is 103 Å². The highest BCUT2D eigenvalue weighted by Crippen LogP contribution is 2.12. The number of esters is 2. The van der Waals surface area contributed by atoms with Gasteiger partial charge in [-0.05, 0) is 83.5 Å². The molecular formula is C49H84O5. The predicted molar refractivity (Wildman–Crippen MR) is 233 cm³/mol. The molecule has 310 valence electrons. The smallest absolute Gasteiger partial charge is 0.306 e. The minimum absolute atomic E-state index is 0.0690. The second-order valence-corrected chi connectivity index (χ2v) is 14.5. The van der Waals surface area contributed by atoms with E-state index in [9.17, 15) is 9.59 Å². The molecule has 0 aromatic heterocycles. The number of carbonyl (C=O) groups is 2. The van der Waals surface area contributed by atoms with Crippen LogP contribution in [0.4, 0.5) is 0 Å². The molecule has 0 radical (unpaired) electrons. The maximum atomic E-state index is 12.6.